The molecule has 0 bridgehead atoms. The van der Waals surface area contributed by atoms with Crippen LogP contribution in [0.2, 0.25) is 0 Å². The molecule has 0 aromatic carbocycles. The number of nitrogens with two attached hydrogens (primary N) is 2. The minimum atomic E-state index is -3.90. The number of rotatable bonds is 5. The Hall–Kier alpha value is -2.34. The zero-order valence-electron chi connectivity index (χ0n) is 14.8. The highest BCUT2D eigenvalue weighted by molar-refractivity contribution is 7.94. The van der Waals surface area contributed by atoms with Crippen LogP contribution < -0.4 is 16.8 Å². The Labute approximate surface area is 156 Å². The predicted octanol–water partition coefficient (Wildman–Crippen LogP) is -1.42. The van der Waals surface area contributed by atoms with Gasteiger partial charge in [-0.05, 0) is 31.6 Å². The van der Waals surface area contributed by atoms with Crippen LogP contribution in [0, 0.1) is 0 Å². The van der Waals surface area contributed by atoms with Crippen LogP contribution in [-0.4, -0.2) is 57.7 Å². The maximum atomic E-state index is 12.8. The minimum Gasteiger partial charge on any atom is -0.480 e. The lowest BCUT2D eigenvalue weighted by Gasteiger charge is -2.37. The molecule has 1 aromatic rings. The highest BCUT2D eigenvalue weighted by Crippen LogP contribution is 2.48. The molecule has 0 radical (unpaired) electrons. The summed E-state index contributed by atoms with van der Waals surface area (Å²) >= 11 is 0. The molecule has 2 fully saturated rings. The standard InChI is InChI=1S/C16H21N5O5S/c1-16(2)11(14(23)24)21-12(22)10(13(21)27(16,25)26)5-9-4-3-8(6-19-9)7-20-15(17)18/h3-6,11,13,15,20H,7,17-18H2,1-2H3,(H,23,24)/b10-5-/t11-,13+/m0/s1. The topological polar surface area (TPSA) is 169 Å². The largest absolute Gasteiger partial charge is 0.480 e. The van der Waals surface area contributed by atoms with Gasteiger partial charge in [0.25, 0.3) is 5.91 Å². The van der Waals surface area contributed by atoms with Crippen molar-refractivity contribution in [3.8, 4) is 0 Å². The maximum absolute atomic E-state index is 12.8. The summed E-state index contributed by atoms with van der Waals surface area (Å²) in [7, 11) is -3.90. The average molecular weight is 395 g/mol. The molecular weight excluding hydrogens is 374 g/mol. The van der Waals surface area contributed by atoms with Crippen LogP contribution in [0.4, 0.5) is 0 Å². The molecule has 1 amide bonds. The zero-order valence-corrected chi connectivity index (χ0v) is 15.6. The van der Waals surface area contributed by atoms with E-state index in [9.17, 15) is 23.1 Å². The van der Waals surface area contributed by atoms with Gasteiger partial charge < -0.3 is 21.5 Å². The molecule has 10 nitrogen and oxygen atoms in total. The first-order valence-electron chi connectivity index (χ1n) is 8.18. The molecule has 2 aliphatic rings. The fraction of sp³-hybridized carbons (Fsp3) is 0.438. The molecule has 0 spiro atoms. The predicted molar refractivity (Wildman–Crippen MR) is 96.3 cm³/mol. The van der Waals surface area contributed by atoms with Gasteiger partial charge in [-0.3, -0.25) is 15.1 Å². The Morgan fingerprint density at radius 1 is 1.44 bits per heavy atom. The van der Waals surface area contributed by atoms with Gasteiger partial charge >= 0.3 is 5.97 Å². The maximum Gasteiger partial charge on any atom is 0.328 e. The van der Waals surface area contributed by atoms with Crippen LogP contribution in [0.5, 0.6) is 0 Å². The van der Waals surface area contributed by atoms with E-state index in [0.717, 1.165) is 10.5 Å². The molecule has 27 heavy (non-hydrogen) atoms. The second-order valence-corrected chi connectivity index (χ2v) is 9.64. The number of hydrogen-bond acceptors (Lipinski definition) is 8. The second kappa shape index (κ2) is 6.37. The van der Waals surface area contributed by atoms with Crippen LogP contribution >= 0.6 is 0 Å². The van der Waals surface area contributed by atoms with E-state index in [4.69, 9.17) is 11.5 Å². The number of fused-ring (bicyclic) bond motifs is 1. The first kappa shape index (κ1) is 19.4. The second-order valence-electron chi connectivity index (χ2n) is 7.05. The molecule has 1 aromatic heterocycles. The van der Waals surface area contributed by atoms with Crippen molar-refractivity contribution in [3.63, 3.8) is 0 Å². The number of carboxylic acids is 1. The van der Waals surface area contributed by atoms with Gasteiger partial charge in [0, 0.05) is 12.7 Å². The number of hydrogen-bond donors (Lipinski definition) is 4. The number of β-lactam (4-membered cyclic amide) rings is 1. The molecular formula is C16H21N5O5S. The quantitative estimate of drug-likeness (QED) is 0.266. The van der Waals surface area contributed by atoms with Crippen LogP contribution in [0.25, 0.3) is 6.08 Å². The van der Waals surface area contributed by atoms with Crippen molar-refractivity contribution in [3.05, 3.63) is 35.2 Å². The van der Waals surface area contributed by atoms with Crippen molar-refractivity contribution in [2.75, 3.05) is 0 Å². The fourth-order valence-corrected chi connectivity index (χ4v) is 5.48. The molecule has 2 saturated heterocycles. The number of carbonyl (C=O) groups excluding carboxylic acids is 1. The number of aliphatic carboxylic acids is 1. The van der Waals surface area contributed by atoms with Crippen molar-refractivity contribution in [1.29, 1.82) is 0 Å². The fourth-order valence-electron chi connectivity index (χ4n) is 3.36. The molecule has 2 atom stereocenters. The summed E-state index contributed by atoms with van der Waals surface area (Å²) in [5.41, 5.74) is 12.0. The zero-order chi connectivity index (χ0) is 20.1. The Kier molecular flexibility index (Phi) is 4.58. The minimum absolute atomic E-state index is 0.0224. The molecule has 6 N–H and O–H groups in total. The summed E-state index contributed by atoms with van der Waals surface area (Å²) < 4.78 is 24.0. The Balaban J connectivity index is 1.89. The van der Waals surface area contributed by atoms with E-state index in [1.165, 1.54) is 19.9 Å². The monoisotopic (exact) mass is 395 g/mol. The summed E-state index contributed by atoms with van der Waals surface area (Å²) in [6.07, 6.45) is 2.27. The highest BCUT2D eigenvalue weighted by Gasteiger charge is 2.70. The van der Waals surface area contributed by atoms with E-state index in [-0.39, 0.29) is 5.57 Å². The van der Waals surface area contributed by atoms with E-state index in [1.54, 1.807) is 18.3 Å². The lowest BCUT2D eigenvalue weighted by atomic mass is 9.95. The SMILES string of the molecule is CC1(C)[C@H](C(=O)O)N2C(=O)/C(=C/c3ccc(CNC(N)N)cn3)[C@H]2S1(=O)=O. The molecule has 0 unspecified atom stereocenters. The van der Waals surface area contributed by atoms with E-state index >= 15 is 0 Å². The van der Waals surface area contributed by atoms with Crippen LogP contribution in [0.3, 0.4) is 0 Å². The van der Waals surface area contributed by atoms with E-state index in [2.05, 4.69) is 10.3 Å². The first-order valence-corrected chi connectivity index (χ1v) is 9.73. The summed E-state index contributed by atoms with van der Waals surface area (Å²) in [4.78, 5) is 29.1. The normalized spacial score (nSPS) is 26.9. The number of nitrogens with zero attached hydrogens (tertiary/aromatic N) is 2. The van der Waals surface area contributed by atoms with Crippen molar-refractivity contribution in [1.82, 2.24) is 15.2 Å². The number of pyridine rings is 1. The molecule has 11 heteroatoms. The summed E-state index contributed by atoms with van der Waals surface area (Å²) in [6.45, 7) is 3.05. The van der Waals surface area contributed by atoms with Crippen LogP contribution in [-0.2, 0) is 26.0 Å². The van der Waals surface area contributed by atoms with Gasteiger partial charge in [-0.15, -0.1) is 0 Å². The van der Waals surface area contributed by atoms with Gasteiger partial charge in [-0.1, -0.05) is 6.07 Å². The molecule has 146 valence electrons. The Morgan fingerprint density at radius 2 is 2.11 bits per heavy atom. The van der Waals surface area contributed by atoms with E-state index in [0.29, 0.717) is 12.2 Å². The third-order valence-electron chi connectivity index (χ3n) is 4.89. The van der Waals surface area contributed by atoms with Gasteiger partial charge in [-0.2, -0.15) is 0 Å². The third-order valence-corrected chi connectivity index (χ3v) is 7.65. The van der Waals surface area contributed by atoms with Crippen molar-refractivity contribution in [2.45, 2.75) is 42.8 Å². The lowest BCUT2D eigenvalue weighted by molar-refractivity contribution is -0.152. The highest BCUT2D eigenvalue weighted by atomic mass is 32.2. The molecule has 0 saturated carbocycles. The van der Waals surface area contributed by atoms with E-state index < -0.39 is 44.2 Å². The van der Waals surface area contributed by atoms with Gasteiger partial charge in [0.05, 0.1) is 11.3 Å². The first-order chi connectivity index (χ1) is 12.5. The number of carbonyl (C=O) groups is 2. The van der Waals surface area contributed by atoms with Crippen molar-refractivity contribution in [2.24, 2.45) is 11.5 Å². The number of amides is 1. The lowest BCUT2D eigenvalue weighted by Crippen LogP contribution is -2.58. The van der Waals surface area contributed by atoms with Gasteiger partial charge in [-0.25, -0.2) is 13.2 Å². The number of aromatic nitrogens is 1. The number of carboxylic acid groups (broad SMARTS) is 1. The van der Waals surface area contributed by atoms with Crippen LogP contribution in [0.15, 0.2) is 23.9 Å². The molecule has 0 aliphatic carbocycles. The van der Waals surface area contributed by atoms with Gasteiger partial charge in [0.15, 0.2) is 21.3 Å². The average Bonchev–Trinajstić information content (AvgIpc) is 2.72. The van der Waals surface area contributed by atoms with Gasteiger partial charge in [0.1, 0.15) is 11.0 Å². The molecule has 3 heterocycles. The third kappa shape index (κ3) is 2.92. The number of sulfone groups is 1. The Bertz CT molecular complexity index is 923. The number of nitrogens with one attached hydrogen (secondary N) is 1. The molecule has 2 aliphatic heterocycles. The summed E-state index contributed by atoms with van der Waals surface area (Å²) in [6, 6.07) is 1.95. The summed E-state index contributed by atoms with van der Waals surface area (Å²) in [5.74, 6) is -1.95. The smallest absolute Gasteiger partial charge is 0.328 e. The van der Waals surface area contributed by atoms with E-state index in [1.807, 2.05) is 0 Å². The van der Waals surface area contributed by atoms with Crippen molar-refractivity contribution < 1.29 is 23.1 Å². The Morgan fingerprint density at radius 3 is 2.63 bits per heavy atom. The van der Waals surface area contributed by atoms with Gasteiger partial charge in [0.2, 0.25) is 0 Å². The molecule has 3 rings (SSSR count). The van der Waals surface area contributed by atoms with Crippen LogP contribution in [0.1, 0.15) is 25.1 Å². The summed E-state index contributed by atoms with van der Waals surface area (Å²) in [5, 5.41) is 11.0. The van der Waals surface area contributed by atoms with Crippen molar-refractivity contribution >= 4 is 27.8 Å².